The zero-order valence-corrected chi connectivity index (χ0v) is 11.6. The van der Waals surface area contributed by atoms with Gasteiger partial charge < -0.3 is 10.1 Å². The first kappa shape index (κ1) is 13.6. The van der Waals surface area contributed by atoms with Crippen LogP contribution in [0.3, 0.4) is 0 Å². The van der Waals surface area contributed by atoms with E-state index in [0.717, 1.165) is 6.42 Å². The molecule has 2 heteroatoms. The Morgan fingerprint density at radius 3 is 2.42 bits per heavy atom. The van der Waals surface area contributed by atoms with Gasteiger partial charge in [0.25, 0.3) is 0 Å². The molecule has 2 aromatic rings. The van der Waals surface area contributed by atoms with Crippen LogP contribution in [0.4, 0.5) is 5.69 Å². The summed E-state index contributed by atoms with van der Waals surface area (Å²) < 4.78 is 5.17. The fourth-order valence-corrected chi connectivity index (χ4v) is 2.19. The van der Waals surface area contributed by atoms with Crippen molar-refractivity contribution in [3.05, 3.63) is 65.7 Å². The molecule has 2 aromatic carbocycles. The molecule has 0 amide bonds. The highest BCUT2D eigenvalue weighted by atomic mass is 16.5. The number of hydrogen-bond acceptors (Lipinski definition) is 2. The Hall–Kier alpha value is -1.80. The van der Waals surface area contributed by atoms with Gasteiger partial charge in [0.1, 0.15) is 0 Å². The normalized spacial score (nSPS) is 12.1. The summed E-state index contributed by atoms with van der Waals surface area (Å²) in [7, 11) is 1.73. The Labute approximate surface area is 115 Å². The van der Waals surface area contributed by atoms with E-state index in [1.54, 1.807) is 7.11 Å². The van der Waals surface area contributed by atoms with Gasteiger partial charge in [-0.3, -0.25) is 0 Å². The first-order valence-electron chi connectivity index (χ1n) is 6.67. The van der Waals surface area contributed by atoms with E-state index in [4.69, 9.17) is 4.74 Å². The van der Waals surface area contributed by atoms with Crippen LogP contribution in [0.25, 0.3) is 0 Å². The molecule has 0 saturated heterocycles. The minimum absolute atomic E-state index is 0.307. The second-order valence-electron chi connectivity index (χ2n) is 4.82. The third-order valence-corrected chi connectivity index (χ3v) is 3.07. The van der Waals surface area contributed by atoms with E-state index in [2.05, 4.69) is 60.8 Å². The van der Waals surface area contributed by atoms with Crippen LogP contribution < -0.4 is 5.32 Å². The number of para-hydroxylation sites is 1. The molecule has 0 aromatic heterocycles. The molecular formula is C17H21NO. The van der Waals surface area contributed by atoms with Crippen molar-refractivity contribution < 1.29 is 4.74 Å². The monoisotopic (exact) mass is 255 g/mol. The molecule has 0 radical (unpaired) electrons. The number of rotatable bonds is 6. The van der Waals surface area contributed by atoms with Gasteiger partial charge in [0.05, 0.1) is 6.61 Å². The third-order valence-electron chi connectivity index (χ3n) is 3.07. The van der Waals surface area contributed by atoms with Gasteiger partial charge in [0, 0.05) is 18.8 Å². The molecule has 0 fully saturated rings. The molecule has 0 aliphatic carbocycles. The van der Waals surface area contributed by atoms with Crippen molar-refractivity contribution in [1.29, 1.82) is 0 Å². The van der Waals surface area contributed by atoms with Gasteiger partial charge in [-0.2, -0.15) is 0 Å². The number of hydrogen-bond donors (Lipinski definition) is 1. The van der Waals surface area contributed by atoms with E-state index < -0.39 is 0 Å². The maximum atomic E-state index is 5.17. The fraction of sp³-hybridized carbons (Fsp3) is 0.294. The predicted molar refractivity (Wildman–Crippen MR) is 80.7 cm³/mol. The highest BCUT2D eigenvalue weighted by Crippen LogP contribution is 2.19. The molecule has 0 aliphatic heterocycles. The molecular weight excluding hydrogens is 234 g/mol. The van der Waals surface area contributed by atoms with Gasteiger partial charge >= 0.3 is 0 Å². The van der Waals surface area contributed by atoms with E-state index in [9.17, 15) is 0 Å². The third kappa shape index (κ3) is 4.11. The lowest BCUT2D eigenvalue weighted by Gasteiger charge is -2.17. The summed E-state index contributed by atoms with van der Waals surface area (Å²) in [5.41, 5.74) is 3.84. The largest absolute Gasteiger partial charge is 0.383 e. The molecule has 0 saturated carbocycles. The second-order valence-corrected chi connectivity index (χ2v) is 4.82. The number of methoxy groups -OCH3 is 1. The van der Waals surface area contributed by atoms with Crippen LogP contribution in [0.5, 0.6) is 0 Å². The Bertz CT molecular complexity index is 496. The van der Waals surface area contributed by atoms with Gasteiger partial charge in [0.15, 0.2) is 0 Å². The molecule has 0 heterocycles. The van der Waals surface area contributed by atoms with E-state index in [0.29, 0.717) is 12.6 Å². The summed E-state index contributed by atoms with van der Waals surface area (Å²) in [6, 6.07) is 19.3. The standard InChI is InChI=1S/C17H21NO/c1-14(13-19-2)18-17-11-7-6-10-16(17)12-15-8-4-3-5-9-15/h3-11,14,18H,12-13H2,1-2H3. The van der Waals surface area contributed by atoms with Crippen LogP contribution in [-0.4, -0.2) is 19.8 Å². The van der Waals surface area contributed by atoms with Crippen molar-refractivity contribution >= 4 is 5.69 Å². The highest BCUT2D eigenvalue weighted by molar-refractivity contribution is 5.53. The van der Waals surface area contributed by atoms with Crippen molar-refractivity contribution in [2.45, 2.75) is 19.4 Å². The minimum atomic E-state index is 0.307. The van der Waals surface area contributed by atoms with Crippen LogP contribution in [0, 0.1) is 0 Å². The van der Waals surface area contributed by atoms with E-state index in [-0.39, 0.29) is 0 Å². The van der Waals surface area contributed by atoms with Gasteiger partial charge in [-0.25, -0.2) is 0 Å². The highest BCUT2D eigenvalue weighted by Gasteiger charge is 2.06. The smallest absolute Gasteiger partial charge is 0.0661 e. The fourth-order valence-electron chi connectivity index (χ4n) is 2.19. The molecule has 0 aliphatic rings. The lowest BCUT2D eigenvalue weighted by atomic mass is 10.0. The van der Waals surface area contributed by atoms with E-state index >= 15 is 0 Å². The molecule has 1 N–H and O–H groups in total. The predicted octanol–water partition coefficient (Wildman–Crippen LogP) is 3.72. The van der Waals surface area contributed by atoms with Crippen molar-refractivity contribution in [3.8, 4) is 0 Å². The summed E-state index contributed by atoms with van der Waals surface area (Å²) >= 11 is 0. The molecule has 100 valence electrons. The number of ether oxygens (including phenoxy) is 1. The van der Waals surface area contributed by atoms with Crippen LogP contribution in [0.2, 0.25) is 0 Å². The molecule has 2 rings (SSSR count). The second kappa shape index (κ2) is 6.95. The zero-order chi connectivity index (χ0) is 13.5. The van der Waals surface area contributed by atoms with Crippen LogP contribution in [0.15, 0.2) is 54.6 Å². The van der Waals surface area contributed by atoms with Crippen molar-refractivity contribution in [1.82, 2.24) is 0 Å². The van der Waals surface area contributed by atoms with Crippen LogP contribution in [-0.2, 0) is 11.2 Å². The first-order valence-corrected chi connectivity index (χ1v) is 6.67. The molecule has 1 atom stereocenters. The summed E-state index contributed by atoms with van der Waals surface area (Å²) in [5, 5.41) is 3.51. The molecule has 2 nitrogen and oxygen atoms in total. The molecule has 0 spiro atoms. The van der Waals surface area contributed by atoms with Gasteiger partial charge in [-0.1, -0.05) is 48.5 Å². The maximum absolute atomic E-state index is 5.17. The average molecular weight is 255 g/mol. The van der Waals surface area contributed by atoms with Crippen LogP contribution >= 0.6 is 0 Å². The minimum Gasteiger partial charge on any atom is -0.383 e. The number of anilines is 1. The number of benzene rings is 2. The summed E-state index contributed by atoms with van der Waals surface area (Å²) in [5.74, 6) is 0. The first-order chi connectivity index (χ1) is 9.29. The van der Waals surface area contributed by atoms with E-state index in [1.807, 2.05) is 6.07 Å². The quantitative estimate of drug-likeness (QED) is 0.849. The maximum Gasteiger partial charge on any atom is 0.0661 e. The molecule has 0 bridgehead atoms. The number of nitrogens with one attached hydrogen (secondary N) is 1. The Kier molecular flexibility index (Phi) is 4.99. The van der Waals surface area contributed by atoms with Crippen molar-refractivity contribution in [3.63, 3.8) is 0 Å². The Balaban J connectivity index is 2.12. The SMILES string of the molecule is COCC(C)Nc1ccccc1Cc1ccccc1. The molecule has 19 heavy (non-hydrogen) atoms. The van der Waals surface area contributed by atoms with Gasteiger partial charge in [0.2, 0.25) is 0 Å². The topological polar surface area (TPSA) is 21.3 Å². The average Bonchev–Trinajstić information content (AvgIpc) is 2.42. The summed E-state index contributed by atoms with van der Waals surface area (Å²) in [6.45, 7) is 2.84. The van der Waals surface area contributed by atoms with Crippen molar-refractivity contribution in [2.24, 2.45) is 0 Å². The Morgan fingerprint density at radius 2 is 1.68 bits per heavy atom. The van der Waals surface area contributed by atoms with Gasteiger partial charge in [-0.15, -0.1) is 0 Å². The van der Waals surface area contributed by atoms with Crippen LogP contribution in [0.1, 0.15) is 18.1 Å². The molecule has 1 unspecified atom stereocenters. The van der Waals surface area contributed by atoms with E-state index in [1.165, 1.54) is 16.8 Å². The zero-order valence-electron chi connectivity index (χ0n) is 11.6. The lowest BCUT2D eigenvalue weighted by Crippen LogP contribution is -2.21. The lowest BCUT2D eigenvalue weighted by molar-refractivity contribution is 0.190. The van der Waals surface area contributed by atoms with Crippen molar-refractivity contribution in [2.75, 3.05) is 19.0 Å². The van der Waals surface area contributed by atoms with Gasteiger partial charge in [-0.05, 0) is 30.5 Å². The Morgan fingerprint density at radius 1 is 1.00 bits per heavy atom. The summed E-state index contributed by atoms with van der Waals surface area (Å²) in [4.78, 5) is 0. The summed E-state index contributed by atoms with van der Waals surface area (Å²) in [6.07, 6.45) is 0.948.